The number of carbonyl (C=O) groups excluding carboxylic acids is 8. The maximum atomic E-state index is 12.4. The van der Waals surface area contributed by atoms with Crippen LogP contribution in [0.5, 0.6) is 0 Å². The molecule has 0 rings (SSSR count). The molecule has 2 unspecified atom stereocenters. The summed E-state index contributed by atoms with van der Waals surface area (Å²) in [5.74, 6) is -5.67. The van der Waals surface area contributed by atoms with Gasteiger partial charge in [-0.2, -0.15) is 0 Å². The fourth-order valence-electron chi connectivity index (χ4n) is 7.45. The van der Waals surface area contributed by atoms with Gasteiger partial charge < -0.3 is 71.5 Å². The highest BCUT2D eigenvalue weighted by atomic mass is 16.5. The smallest absolute Gasteiger partial charge is 0.326 e. The van der Waals surface area contributed by atoms with E-state index in [4.69, 9.17) is 34.3 Å². The average Bonchev–Trinajstić information content (AvgIpc) is 3.36. The summed E-state index contributed by atoms with van der Waals surface area (Å²) in [6, 6.07) is -2.28. The van der Waals surface area contributed by atoms with Crippen molar-refractivity contribution in [3.63, 3.8) is 0 Å². The standard InChI is InChI=1S/C34H60N4O13.C21H39N3O5/c1-24(2)36-28(33(45)37-25(3)4)11-7-5-6-9-27(40)22-50-19-18-49-16-14-35-31(42)23-51-20-17-48-15-8-10-26(39)12-13-29(34(46)47)38-30(41)21-32(43)44;1-6-19(26)24-18(21(28)29)13-12-16(25)10-8-7-9-11-17(22-14(2)3)20(27)23-15(4)5/h24-25,28-29,36H,5-23H2,1-4H3,(H,35,42)(H,37,45)(H,38,41)(H,43,44)(H,46,47);14-15,17-18,22H,6-13H2,1-5H3,(H,23,27)(H,24,26)(H,28,29)/t28?,29-;17?,18-/m00/s1. The van der Waals surface area contributed by atoms with E-state index in [1.807, 2.05) is 55.4 Å². The maximum absolute atomic E-state index is 12.4. The van der Waals surface area contributed by atoms with Crippen LogP contribution >= 0.6 is 0 Å². The minimum Gasteiger partial charge on any atom is -0.481 e. The molecule has 0 aromatic carbocycles. The van der Waals surface area contributed by atoms with Crippen molar-refractivity contribution in [3.05, 3.63) is 0 Å². The summed E-state index contributed by atoms with van der Waals surface area (Å²) in [6.45, 7) is 18.9. The van der Waals surface area contributed by atoms with Crippen molar-refractivity contribution in [2.75, 3.05) is 59.4 Å². The zero-order valence-electron chi connectivity index (χ0n) is 49.2. The van der Waals surface area contributed by atoms with Crippen molar-refractivity contribution in [2.45, 2.75) is 226 Å². The summed E-state index contributed by atoms with van der Waals surface area (Å²) in [5.41, 5.74) is 0. The first-order valence-corrected chi connectivity index (χ1v) is 28.3. The van der Waals surface area contributed by atoms with E-state index in [2.05, 4.69) is 37.2 Å². The van der Waals surface area contributed by atoms with E-state index in [-0.39, 0.29) is 175 Å². The number of amides is 5. The van der Waals surface area contributed by atoms with Crippen LogP contribution < -0.4 is 37.2 Å². The Morgan fingerprint density at radius 3 is 1.25 bits per heavy atom. The van der Waals surface area contributed by atoms with Gasteiger partial charge >= 0.3 is 17.9 Å². The molecule has 80 heavy (non-hydrogen) atoms. The SMILES string of the molecule is CC(C)NC(=O)C(CCCCCC(=O)COCCOCCNC(=O)COCCOCCCC(=O)CC[C@H](NC(=O)CC(=O)O)C(=O)O)NC(C)C.CCC(=O)N[C@@H](CCC(=O)CCCCCC(NC(C)C)C(=O)NC(C)C)C(=O)O. The molecule has 0 aliphatic heterocycles. The molecule has 0 saturated carbocycles. The third kappa shape index (κ3) is 47.3. The number of carbonyl (C=O) groups is 11. The highest BCUT2D eigenvalue weighted by Crippen LogP contribution is 2.12. The van der Waals surface area contributed by atoms with Gasteiger partial charge in [-0.25, -0.2) is 9.59 Å². The second kappa shape index (κ2) is 48.3. The molecule has 462 valence electrons. The lowest BCUT2D eigenvalue weighted by Crippen LogP contribution is -2.48. The Labute approximate surface area is 473 Å². The topological polar surface area (TPSA) is 370 Å². The quantitative estimate of drug-likeness (QED) is 0.0309. The first kappa shape index (κ1) is 76.6. The molecule has 0 radical (unpaired) electrons. The van der Waals surface area contributed by atoms with Gasteiger partial charge in [0.05, 0.1) is 45.1 Å². The van der Waals surface area contributed by atoms with Crippen LogP contribution in [0.25, 0.3) is 0 Å². The molecule has 25 heteroatoms. The molecule has 5 amide bonds. The van der Waals surface area contributed by atoms with Gasteiger partial charge in [0.2, 0.25) is 29.5 Å². The summed E-state index contributed by atoms with van der Waals surface area (Å²) in [4.78, 5) is 128. The Hall–Kier alpha value is -5.47. The van der Waals surface area contributed by atoms with Crippen molar-refractivity contribution < 1.29 is 87.0 Å². The van der Waals surface area contributed by atoms with Crippen LogP contribution in [0.2, 0.25) is 0 Å². The molecule has 0 bridgehead atoms. The van der Waals surface area contributed by atoms with Crippen molar-refractivity contribution in [1.82, 2.24) is 37.2 Å². The van der Waals surface area contributed by atoms with Gasteiger partial charge in [-0.3, -0.25) is 43.2 Å². The van der Waals surface area contributed by atoms with E-state index in [1.165, 1.54) is 0 Å². The number of Topliss-reactive ketones (excluding diaryl/α,β-unsaturated/α-hetero) is 3. The first-order chi connectivity index (χ1) is 37.8. The Kier molecular flexibility index (Phi) is 46.2. The normalized spacial score (nSPS) is 12.7. The lowest BCUT2D eigenvalue weighted by molar-refractivity contribution is -0.145. The van der Waals surface area contributed by atoms with E-state index in [9.17, 15) is 52.7 Å². The third-order valence-electron chi connectivity index (χ3n) is 11.3. The van der Waals surface area contributed by atoms with Gasteiger partial charge in [-0.15, -0.1) is 0 Å². The molecule has 25 nitrogen and oxygen atoms in total. The van der Waals surface area contributed by atoms with Gasteiger partial charge in [-0.1, -0.05) is 60.3 Å². The number of ketones is 3. The van der Waals surface area contributed by atoms with E-state index < -0.39 is 42.3 Å². The van der Waals surface area contributed by atoms with Crippen LogP contribution in [0.1, 0.15) is 178 Å². The molecule has 0 saturated heterocycles. The van der Waals surface area contributed by atoms with Crippen LogP contribution in [0.4, 0.5) is 0 Å². The molecule has 0 aliphatic rings. The highest BCUT2D eigenvalue weighted by Gasteiger charge is 2.24. The molecule has 0 spiro atoms. The number of carboxylic acid groups (broad SMARTS) is 3. The van der Waals surface area contributed by atoms with E-state index in [0.29, 0.717) is 38.5 Å². The van der Waals surface area contributed by atoms with Gasteiger partial charge in [-0.05, 0) is 72.6 Å². The molecule has 0 aromatic rings. The molecular formula is C55H99N7O18. The van der Waals surface area contributed by atoms with E-state index in [0.717, 1.165) is 32.1 Å². The monoisotopic (exact) mass is 1150 g/mol. The van der Waals surface area contributed by atoms with Crippen molar-refractivity contribution in [1.29, 1.82) is 0 Å². The minimum absolute atomic E-state index is 0.00128. The summed E-state index contributed by atoms with van der Waals surface area (Å²) in [6.07, 6.45) is 6.90. The largest absolute Gasteiger partial charge is 0.481 e. The Bertz CT molecular complexity index is 1830. The lowest BCUT2D eigenvalue weighted by Gasteiger charge is -2.22. The number of aliphatic carboxylic acids is 3. The molecule has 10 N–H and O–H groups in total. The summed E-state index contributed by atoms with van der Waals surface area (Å²) in [7, 11) is 0. The number of ether oxygens (including phenoxy) is 4. The zero-order valence-corrected chi connectivity index (χ0v) is 49.2. The second-order valence-electron chi connectivity index (χ2n) is 20.6. The summed E-state index contributed by atoms with van der Waals surface area (Å²) in [5, 5.41) is 46.5. The summed E-state index contributed by atoms with van der Waals surface area (Å²) < 4.78 is 21.4. The van der Waals surface area contributed by atoms with E-state index in [1.54, 1.807) is 6.92 Å². The predicted molar refractivity (Wildman–Crippen MR) is 298 cm³/mol. The van der Waals surface area contributed by atoms with Crippen LogP contribution in [0.3, 0.4) is 0 Å². The van der Waals surface area contributed by atoms with Gasteiger partial charge in [0.25, 0.3) is 0 Å². The Morgan fingerprint density at radius 1 is 0.388 bits per heavy atom. The summed E-state index contributed by atoms with van der Waals surface area (Å²) >= 11 is 0. The number of hydrogen-bond acceptors (Lipinski definition) is 17. The van der Waals surface area contributed by atoms with Crippen LogP contribution in [0, 0.1) is 0 Å². The average molecular weight is 1150 g/mol. The van der Waals surface area contributed by atoms with Gasteiger partial charge in [0, 0.05) is 75.8 Å². The van der Waals surface area contributed by atoms with Crippen molar-refractivity contribution in [3.8, 4) is 0 Å². The fourth-order valence-corrected chi connectivity index (χ4v) is 7.45. The van der Waals surface area contributed by atoms with Crippen LogP contribution in [-0.4, -0.2) is 188 Å². The van der Waals surface area contributed by atoms with Gasteiger partial charge in [0.1, 0.15) is 43.3 Å². The van der Waals surface area contributed by atoms with Gasteiger partial charge in [0.15, 0.2) is 5.78 Å². The molecule has 0 heterocycles. The molecule has 0 fully saturated rings. The zero-order chi connectivity index (χ0) is 60.8. The fraction of sp³-hybridized carbons (Fsp3) is 0.800. The number of rotatable bonds is 50. The van der Waals surface area contributed by atoms with Crippen molar-refractivity contribution >= 4 is 64.8 Å². The number of nitrogens with one attached hydrogen (secondary N) is 7. The first-order valence-electron chi connectivity index (χ1n) is 28.3. The number of hydrogen-bond donors (Lipinski definition) is 10. The number of carboxylic acids is 3. The number of unbranched alkanes of at least 4 members (excludes halogenated alkanes) is 4. The molecule has 0 aromatic heterocycles. The Balaban J connectivity index is 0. The molecular weight excluding hydrogens is 1050 g/mol. The van der Waals surface area contributed by atoms with Crippen LogP contribution in [-0.2, 0) is 71.7 Å². The molecule has 4 atom stereocenters. The predicted octanol–water partition coefficient (Wildman–Crippen LogP) is 2.91. The highest BCUT2D eigenvalue weighted by molar-refractivity contribution is 5.95. The van der Waals surface area contributed by atoms with Crippen molar-refractivity contribution in [2.24, 2.45) is 0 Å². The minimum atomic E-state index is -1.39. The van der Waals surface area contributed by atoms with E-state index >= 15 is 0 Å². The lowest BCUT2D eigenvalue weighted by atomic mass is 10.0. The second-order valence-corrected chi connectivity index (χ2v) is 20.6. The molecule has 0 aliphatic carbocycles. The van der Waals surface area contributed by atoms with Crippen LogP contribution in [0.15, 0.2) is 0 Å². The Morgan fingerprint density at radius 2 is 0.812 bits per heavy atom. The maximum Gasteiger partial charge on any atom is 0.326 e. The third-order valence-corrected chi connectivity index (χ3v) is 11.3.